The number of hydrogen-bond donors (Lipinski definition) is 3. The Kier molecular flexibility index (Phi) is 7.05. The quantitative estimate of drug-likeness (QED) is 0.201. The molecule has 189 valence electrons. The first kappa shape index (κ1) is 25.0. The van der Waals surface area contributed by atoms with Gasteiger partial charge in [0.15, 0.2) is 5.11 Å². The molecule has 10 heteroatoms. The fourth-order valence-electron chi connectivity index (χ4n) is 4.33. The lowest BCUT2D eigenvalue weighted by molar-refractivity contribution is 0.0641. The van der Waals surface area contributed by atoms with E-state index in [9.17, 15) is 18.8 Å². The van der Waals surface area contributed by atoms with E-state index in [1.807, 2.05) is 0 Å². The molecule has 0 unspecified atom stereocenters. The molecule has 8 nitrogen and oxygen atoms in total. The second kappa shape index (κ2) is 10.7. The Bertz CT molecular complexity index is 1520. The zero-order valence-electron chi connectivity index (χ0n) is 19.9. The summed E-state index contributed by atoms with van der Waals surface area (Å²) >= 11 is 5.39. The van der Waals surface area contributed by atoms with Crippen LogP contribution in [0.5, 0.6) is 0 Å². The fourth-order valence-corrected chi connectivity index (χ4v) is 4.54. The monoisotopic (exact) mass is 526 g/mol. The summed E-state index contributed by atoms with van der Waals surface area (Å²) in [7, 11) is 0. The van der Waals surface area contributed by atoms with Crippen LogP contribution in [0, 0.1) is 11.9 Å². The van der Waals surface area contributed by atoms with Crippen molar-refractivity contribution >= 4 is 45.8 Å². The number of nitrogens with one attached hydrogen (secondary N) is 3. The van der Waals surface area contributed by atoms with Crippen molar-refractivity contribution < 1.29 is 18.8 Å². The number of nitrogens with zero attached hydrogens (tertiary/aromatic N) is 2. The number of carbonyl (C=O) groups excluding carboxylic acids is 3. The molecule has 3 amide bonds. The lowest BCUT2D eigenvalue weighted by atomic mass is 10.1. The van der Waals surface area contributed by atoms with Crippen LogP contribution in [0.25, 0.3) is 10.8 Å². The summed E-state index contributed by atoms with van der Waals surface area (Å²) in [4.78, 5) is 44.0. The lowest BCUT2D eigenvalue weighted by Crippen LogP contribution is -2.53. The van der Waals surface area contributed by atoms with Crippen LogP contribution in [0.15, 0.2) is 79.0 Å². The predicted molar refractivity (Wildman–Crippen MR) is 143 cm³/mol. The summed E-state index contributed by atoms with van der Waals surface area (Å²) in [5.41, 5.74) is 6.85. The molecule has 0 saturated carbocycles. The van der Waals surface area contributed by atoms with Crippen molar-refractivity contribution in [3.05, 3.63) is 113 Å². The molecular weight excluding hydrogens is 505 g/mol. The highest BCUT2D eigenvalue weighted by atomic mass is 32.1. The molecule has 0 aliphatic carbocycles. The molecule has 1 atom stereocenters. The topological polar surface area (TPSA) is 103 Å². The van der Waals surface area contributed by atoms with Crippen LogP contribution in [0.1, 0.15) is 36.8 Å². The summed E-state index contributed by atoms with van der Waals surface area (Å²) in [5.74, 6) is -1.68. The molecule has 1 aliphatic rings. The Labute approximate surface area is 222 Å². The van der Waals surface area contributed by atoms with E-state index in [0.717, 1.165) is 15.8 Å². The first-order valence-corrected chi connectivity index (χ1v) is 12.1. The second-order valence-corrected chi connectivity index (χ2v) is 9.06. The highest BCUT2D eigenvalue weighted by Gasteiger charge is 2.36. The molecule has 0 saturated heterocycles. The number of rotatable bonds is 6. The van der Waals surface area contributed by atoms with Gasteiger partial charge < -0.3 is 5.32 Å². The van der Waals surface area contributed by atoms with Crippen molar-refractivity contribution in [3.63, 3.8) is 0 Å². The normalized spacial score (nSPS) is 13.2. The van der Waals surface area contributed by atoms with E-state index in [-0.39, 0.29) is 23.2 Å². The van der Waals surface area contributed by atoms with Crippen molar-refractivity contribution in [2.45, 2.75) is 12.5 Å². The number of hydrazine groups is 1. The van der Waals surface area contributed by atoms with Crippen molar-refractivity contribution in [2.24, 2.45) is 0 Å². The second-order valence-electron chi connectivity index (χ2n) is 8.65. The van der Waals surface area contributed by atoms with E-state index in [1.165, 1.54) is 18.3 Å². The SMILES string of the molecule is O=C(NNC(=S)N[C@H](Cc1ccc(F)cc1)CN1C(=O)c2ccccc2C1=O)c1nccc2c[c]ccc12. The number of fused-ring (bicyclic) bond motifs is 2. The molecule has 0 fully saturated rings. The van der Waals surface area contributed by atoms with Crippen LogP contribution in [0.2, 0.25) is 0 Å². The lowest BCUT2D eigenvalue weighted by Gasteiger charge is -2.25. The molecule has 3 N–H and O–H groups in total. The summed E-state index contributed by atoms with van der Waals surface area (Å²) in [6.07, 6.45) is 1.85. The Morgan fingerprint density at radius 2 is 1.71 bits per heavy atom. The van der Waals surface area contributed by atoms with Crippen molar-refractivity contribution in [3.8, 4) is 0 Å². The van der Waals surface area contributed by atoms with Crippen LogP contribution in [-0.2, 0) is 6.42 Å². The Balaban J connectivity index is 1.29. The summed E-state index contributed by atoms with van der Waals surface area (Å²) in [6.45, 7) is 0.000861. The number of hydrogen-bond acceptors (Lipinski definition) is 5. The van der Waals surface area contributed by atoms with Crippen molar-refractivity contribution in [2.75, 3.05) is 6.54 Å². The molecule has 38 heavy (non-hydrogen) atoms. The summed E-state index contributed by atoms with van der Waals surface area (Å²) in [5, 5.41) is 4.59. The maximum atomic E-state index is 13.4. The van der Waals surface area contributed by atoms with Crippen molar-refractivity contribution in [1.82, 2.24) is 26.1 Å². The van der Waals surface area contributed by atoms with Gasteiger partial charge >= 0.3 is 0 Å². The van der Waals surface area contributed by atoms with Crippen LogP contribution in [0.3, 0.4) is 0 Å². The molecule has 0 spiro atoms. The maximum absolute atomic E-state index is 13.4. The van der Waals surface area contributed by atoms with Crippen LogP contribution in [0.4, 0.5) is 4.39 Å². The van der Waals surface area contributed by atoms with Gasteiger partial charge in [-0.25, -0.2) is 4.39 Å². The zero-order valence-corrected chi connectivity index (χ0v) is 20.7. The molecule has 1 aliphatic heterocycles. The molecule has 1 radical (unpaired) electrons. The number of amides is 3. The van der Waals surface area contributed by atoms with Gasteiger partial charge in [-0.15, -0.1) is 0 Å². The van der Waals surface area contributed by atoms with Gasteiger partial charge in [-0.05, 0) is 72.1 Å². The number of benzene rings is 3. The van der Waals surface area contributed by atoms with E-state index < -0.39 is 23.8 Å². The predicted octanol–water partition coefficient (Wildman–Crippen LogP) is 3.19. The van der Waals surface area contributed by atoms with Gasteiger partial charge in [0, 0.05) is 18.1 Å². The minimum absolute atomic E-state index is 0.000861. The minimum Gasteiger partial charge on any atom is -0.356 e. The summed E-state index contributed by atoms with van der Waals surface area (Å²) in [6, 6.07) is 21.9. The standard InChI is InChI=1S/C28H21FN5O3S/c29-19-11-9-17(10-12-19)15-20(16-34-26(36)22-7-3-4-8-23(22)27(34)37)31-28(38)33-32-25(35)24-21-6-2-1-5-18(21)13-14-30-24/h2-14,20H,15-16H2,(H,32,35)(H2,31,33,38)/t20-/m1/s1. The van der Waals surface area contributed by atoms with Crippen LogP contribution < -0.4 is 16.2 Å². The molecule has 5 rings (SSSR count). The van der Waals surface area contributed by atoms with E-state index in [1.54, 1.807) is 60.7 Å². The Hall–Kier alpha value is -4.70. The minimum atomic E-state index is -0.536. The van der Waals surface area contributed by atoms with Crippen molar-refractivity contribution in [1.29, 1.82) is 0 Å². The highest BCUT2D eigenvalue weighted by molar-refractivity contribution is 7.80. The third kappa shape index (κ3) is 5.21. The Morgan fingerprint density at radius 3 is 2.42 bits per heavy atom. The number of aromatic nitrogens is 1. The number of thiocarbonyl (C=S) groups is 1. The largest absolute Gasteiger partial charge is 0.356 e. The molecule has 2 heterocycles. The Morgan fingerprint density at radius 1 is 1.00 bits per heavy atom. The number of pyridine rings is 1. The molecule has 3 aromatic carbocycles. The first-order chi connectivity index (χ1) is 18.4. The van der Waals surface area contributed by atoms with E-state index in [0.29, 0.717) is 22.9 Å². The number of carbonyl (C=O) groups is 3. The molecule has 1 aromatic heterocycles. The maximum Gasteiger partial charge on any atom is 0.288 e. The van der Waals surface area contributed by atoms with Gasteiger partial charge in [0.1, 0.15) is 11.5 Å². The summed E-state index contributed by atoms with van der Waals surface area (Å²) < 4.78 is 13.4. The molecular formula is C28H21FN5O3S. The molecule has 0 bridgehead atoms. The average Bonchev–Trinajstić information content (AvgIpc) is 3.17. The van der Waals surface area contributed by atoms with Gasteiger partial charge in [-0.3, -0.25) is 35.1 Å². The van der Waals surface area contributed by atoms with E-state index in [2.05, 4.69) is 27.2 Å². The number of imide groups is 1. The van der Waals surface area contributed by atoms with Gasteiger partial charge in [0.2, 0.25) is 0 Å². The highest BCUT2D eigenvalue weighted by Crippen LogP contribution is 2.23. The molecule has 4 aromatic rings. The van der Waals surface area contributed by atoms with E-state index >= 15 is 0 Å². The van der Waals surface area contributed by atoms with Gasteiger partial charge in [0.25, 0.3) is 17.7 Å². The van der Waals surface area contributed by atoms with Gasteiger partial charge in [-0.2, -0.15) is 0 Å². The third-order valence-electron chi connectivity index (χ3n) is 6.13. The van der Waals surface area contributed by atoms with Gasteiger partial charge in [-0.1, -0.05) is 36.4 Å². The van der Waals surface area contributed by atoms with Gasteiger partial charge in [0.05, 0.1) is 17.2 Å². The smallest absolute Gasteiger partial charge is 0.288 e. The third-order valence-corrected chi connectivity index (χ3v) is 6.35. The zero-order chi connectivity index (χ0) is 26.6. The van der Waals surface area contributed by atoms with Crippen LogP contribution in [-0.4, -0.2) is 45.3 Å². The van der Waals surface area contributed by atoms with Crippen LogP contribution >= 0.6 is 12.2 Å². The fraction of sp³-hybridized carbons (Fsp3) is 0.107. The number of halogens is 1. The average molecular weight is 527 g/mol. The van der Waals surface area contributed by atoms with E-state index in [4.69, 9.17) is 12.2 Å². The first-order valence-electron chi connectivity index (χ1n) is 11.7.